The van der Waals surface area contributed by atoms with Crippen LogP contribution in [0.1, 0.15) is 0 Å². The van der Waals surface area contributed by atoms with Crippen LogP contribution in [0.3, 0.4) is 0 Å². The SMILES string of the molecule is Clc1ccc(Cl)cc1.O=S(=O)(O)O.[NaH]. The van der Waals surface area contributed by atoms with Crippen molar-refractivity contribution < 1.29 is 17.5 Å². The maximum absolute atomic E-state index is 8.74. The summed E-state index contributed by atoms with van der Waals surface area (Å²) < 4.78 is 31.6. The Bertz CT molecular complexity index is 322. The van der Waals surface area contributed by atoms with Gasteiger partial charge in [0.2, 0.25) is 0 Å². The Balaban J connectivity index is 0. The van der Waals surface area contributed by atoms with Crippen LogP contribution in [-0.2, 0) is 10.4 Å². The van der Waals surface area contributed by atoms with E-state index in [4.69, 9.17) is 40.7 Å². The fraction of sp³-hybridized carbons (Fsp3) is 0. The predicted molar refractivity (Wildman–Crippen MR) is 57.8 cm³/mol. The Hall–Kier alpha value is 0.670. The molecule has 1 rings (SSSR count). The van der Waals surface area contributed by atoms with E-state index in [1.807, 2.05) is 0 Å². The summed E-state index contributed by atoms with van der Waals surface area (Å²) in [6, 6.07) is 7.02. The molecule has 0 atom stereocenters. The molecule has 0 amide bonds. The van der Waals surface area contributed by atoms with Crippen LogP contribution in [0.15, 0.2) is 24.3 Å². The minimum absolute atomic E-state index is 0. The fourth-order valence-electron chi connectivity index (χ4n) is 0.430. The normalized spacial score (nSPS) is 9.43. The topological polar surface area (TPSA) is 74.6 Å². The summed E-state index contributed by atoms with van der Waals surface area (Å²) >= 11 is 11.1. The molecule has 0 heterocycles. The van der Waals surface area contributed by atoms with Gasteiger partial charge in [-0.15, -0.1) is 0 Å². The molecule has 0 aliphatic carbocycles. The molecule has 0 aromatic heterocycles. The molecule has 76 valence electrons. The zero-order valence-corrected chi connectivity index (χ0v) is 8.51. The van der Waals surface area contributed by atoms with Crippen molar-refractivity contribution in [1.82, 2.24) is 0 Å². The summed E-state index contributed by atoms with van der Waals surface area (Å²) in [6.07, 6.45) is 0. The van der Waals surface area contributed by atoms with E-state index < -0.39 is 10.4 Å². The molecule has 0 unspecified atom stereocenters. The van der Waals surface area contributed by atoms with Crippen molar-refractivity contribution in [2.45, 2.75) is 0 Å². The first-order chi connectivity index (χ1) is 5.79. The molecule has 0 aliphatic rings. The summed E-state index contributed by atoms with van der Waals surface area (Å²) in [4.78, 5) is 0. The van der Waals surface area contributed by atoms with Gasteiger partial charge in [0, 0.05) is 10.0 Å². The van der Waals surface area contributed by atoms with E-state index in [1.54, 1.807) is 24.3 Å². The van der Waals surface area contributed by atoms with Gasteiger partial charge in [-0.1, -0.05) is 23.2 Å². The first-order valence-corrected chi connectivity index (χ1v) is 5.05. The van der Waals surface area contributed by atoms with Crippen LogP contribution >= 0.6 is 23.2 Å². The van der Waals surface area contributed by atoms with E-state index in [0.717, 1.165) is 10.0 Å². The van der Waals surface area contributed by atoms with Crippen molar-refractivity contribution >= 4 is 63.2 Å². The predicted octanol–water partition coefficient (Wildman–Crippen LogP) is 1.69. The first-order valence-electron chi connectivity index (χ1n) is 2.90. The van der Waals surface area contributed by atoms with Gasteiger partial charge >= 0.3 is 40.0 Å². The van der Waals surface area contributed by atoms with Gasteiger partial charge in [0.1, 0.15) is 0 Å². The molecule has 14 heavy (non-hydrogen) atoms. The van der Waals surface area contributed by atoms with Crippen molar-refractivity contribution in [3.63, 3.8) is 0 Å². The van der Waals surface area contributed by atoms with Crippen molar-refractivity contribution in [2.75, 3.05) is 0 Å². The average molecular weight is 269 g/mol. The van der Waals surface area contributed by atoms with E-state index in [1.165, 1.54) is 0 Å². The molecule has 8 heteroatoms. The second-order valence-corrected chi connectivity index (χ2v) is 3.65. The van der Waals surface area contributed by atoms with E-state index in [2.05, 4.69) is 0 Å². The van der Waals surface area contributed by atoms with Gasteiger partial charge in [-0.05, 0) is 24.3 Å². The molecule has 1 aromatic carbocycles. The summed E-state index contributed by atoms with van der Waals surface area (Å²) in [6.45, 7) is 0. The van der Waals surface area contributed by atoms with Gasteiger partial charge in [-0.3, -0.25) is 9.11 Å². The standard InChI is InChI=1S/C6H4Cl2.Na.H2O4S.H/c7-5-1-2-6(8)4-3-5;;1-5(2,3)4;/h1-4H;;(H2,1,2,3,4);. The van der Waals surface area contributed by atoms with Gasteiger partial charge in [-0.25, -0.2) is 0 Å². The summed E-state index contributed by atoms with van der Waals surface area (Å²) in [5.41, 5.74) is 0. The van der Waals surface area contributed by atoms with Crippen LogP contribution in [-0.4, -0.2) is 47.1 Å². The first kappa shape index (κ1) is 17.1. The van der Waals surface area contributed by atoms with E-state index in [9.17, 15) is 0 Å². The third kappa shape index (κ3) is 15.2. The molecule has 0 saturated heterocycles. The molecular formula is C6H7Cl2NaO4S. The van der Waals surface area contributed by atoms with Crippen LogP contribution < -0.4 is 0 Å². The molecule has 1 aromatic rings. The second kappa shape index (κ2) is 7.90. The Morgan fingerprint density at radius 2 is 1.07 bits per heavy atom. The van der Waals surface area contributed by atoms with Crippen LogP contribution in [0.25, 0.3) is 0 Å². The third-order valence-electron chi connectivity index (χ3n) is 0.804. The molecule has 0 aliphatic heterocycles. The van der Waals surface area contributed by atoms with E-state index in [-0.39, 0.29) is 29.6 Å². The van der Waals surface area contributed by atoms with Crippen LogP contribution in [0.2, 0.25) is 10.0 Å². The van der Waals surface area contributed by atoms with E-state index >= 15 is 0 Å². The monoisotopic (exact) mass is 268 g/mol. The number of hydrogen-bond acceptors (Lipinski definition) is 2. The van der Waals surface area contributed by atoms with Crippen LogP contribution in [0.4, 0.5) is 0 Å². The van der Waals surface area contributed by atoms with Crippen LogP contribution in [0.5, 0.6) is 0 Å². The quantitative estimate of drug-likeness (QED) is 0.555. The summed E-state index contributed by atoms with van der Waals surface area (Å²) in [5, 5.41) is 1.43. The molecular weight excluding hydrogens is 262 g/mol. The third-order valence-corrected chi connectivity index (χ3v) is 1.31. The maximum atomic E-state index is 8.74. The molecule has 0 fully saturated rings. The zero-order chi connectivity index (χ0) is 10.5. The Labute approximate surface area is 114 Å². The molecule has 0 spiro atoms. The zero-order valence-electron chi connectivity index (χ0n) is 6.18. The van der Waals surface area contributed by atoms with Gasteiger partial charge < -0.3 is 0 Å². The number of halogens is 2. The van der Waals surface area contributed by atoms with Crippen molar-refractivity contribution in [3.8, 4) is 0 Å². The second-order valence-electron chi connectivity index (χ2n) is 1.88. The Morgan fingerprint density at radius 3 is 1.21 bits per heavy atom. The minimum atomic E-state index is -4.67. The average Bonchev–Trinajstić information content (AvgIpc) is 1.92. The Morgan fingerprint density at radius 1 is 0.929 bits per heavy atom. The summed E-state index contributed by atoms with van der Waals surface area (Å²) in [7, 11) is -4.67. The number of rotatable bonds is 0. The molecule has 2 N–H and O–H groups in total. The van der Waals surface area contributed by atoms with Crippen molar-refractivity contribution in [1.29, 1.82) is 0 Å². The molecule has 0 saturated carbocycles. The van der Waals surface area contributed by atoms with Gasteiger partial charge in [0.25, 0.3) is 0 Å². The summed E-state index contributed by atoms with van der Waals surface area (Å²) in [5.74, 6) is 0. The van der Waals surface area contributed by atoms with Crippen LogP contribution in [0, 0.1) is 0 Å². The molecule has 0 bridgehead atoms. The fourth-order valence-corrected chi connectivity index (χ4v) is 0.682. The van der Waals surface area contributed by atoms with Crippen molar-refractivity contribution in [2.24, 2.45) is 0 Å². The van der Waals surface area contributed by atoms with E-state index in [0.29, 0.717) is 0 Å². The number of benzene rings is 1. The number of hydrogen-bond donors (Lipinski definition) is 2. The van der Waals surface area contributed by atoms with Gasteiger partial charge in [0.15, 0.2) is 0 Å². The molecule has 4 nitrogen and oxygen atoms in total. The Kier molecular flexibility index (Phi) is 9.63. The van der Waals surface area contributed by atoms with Gasteiger partial charge in [-0.2, -0.15) is 8.42 Å². The van der Waals surface area contributed by atoms with Gasteiger partial charge in [0.05, 0.1) is 0 Å². The van der Waals surface area contributed by atoms with Crippen molar-refractivity contribution in [3.05, 3.63) is 34.3 Å². The molecule has 0 radical (unpaired) electrons.